The molecule has 0 radical (unpaired) electrons. The molecule has 0 atom stereocenters. The van der Waals surface area contributed by atoms with Crippen LogP contribution in [0.3, 0.4) is 0 Å². The maximum absolute atomic E-state index is 13.2. The van der Waals surface area contributed by atoms with E-state index in [4.69, 9.17) is 14.2 Å². The molecule has 0 aromatic heterocycles. The Morgan fingerprint density at radius 1 is 1.04 bits per heavy atom. The van der Waals surface area contributed by atoms with Crippen LogP contribution in [0, 0.1) is 6.92 Å². The lowest BCUT2D eigenvalue weighted by Crippen LogP contribution is -2.42. The molecular formula is C23H21NO4. The van der Waals surface area contributed by atoms with Crippen molar-refractivity contribution < 1.29 is 19.0 Å². The van der Waals surface area contributed by atoms with Gasteiger partial charge in [0, 0.05) is 10.9 Å². The fourth-order valence-electron chi connectivity index (χ4n) is 4.03. The van der Waals surface area contributed by atoms with Gasteiger partial charge in [-0.3, -0.25) is 4.79 Å². The summed E-state index contributed by atoms with van der Waals surface area (Å²) < 4.78 is 17.6. The van der Waals surface area contributed by atoms with Gasteiger partial charge in [0.05, 0.1) is 25.4 Å². The van der Waals surface area contributed by atoms with Crippen LogP contribution in [0.2, 0.25) is 0 Å². The first-order chi connectivity index (χ1) is 13.7. The third-order valence-electron chi connectivity index (χ3n) is 5.34. The van der Waals surface area contributed by atoms with Gasteiger partial charge in [0.25, 0.3) is 11.7 Å². The van der Waals surface area contributed by atoms with E-state index >= 15 is 0 Å². The summed E-state index contributed by atoms with van der Waals surface area (Å²) in [6, 6.07) is 20.0. The molecule has 142 valence electrons. The highest BCUT2D eigenvalue weighted by atomic mass is 16.7. The Morgan fingerprint density at radius 2 is 1.82 bits per heavy atom. The number of benzene rings is 3. The Kier molecular flexibility index (Phi) is 4.07. The summed E-state index contributed by atoms with van der Waals surface area (Å²) >= 11 is 0. The van der Waals surface area contributed by atoms with Crippen LogP contribution in [0.25, 0.3) is 10.8 Å². The van der Waals surface area contributed by atoms with Gasteiger partial charge in [-0.15, -0.1) is 0 Å². The Labute approximate surface area is 163 Å². The molecule has 2 aliphatic rings. The second-order valence-electron chi connectivity index (χ2n) is 7.12. The standard InChI is InChI=1S/C23H21NO4/c1-16-9-10-20-19(15-16)23(27-13-14-28-23)22(25)24(20)11-12-26-21-8-4-6-17-5-2-3-7-18(17)21/h2-10,15H,11-14H2,1H3. The molecule has 2 aliphatic heterocycles. The normalized spacial score (nSPS) is 17.5. The SMILES string of the molecule is Cc1ccc2c(c1)C1(OCCO1)C(=O)N2CCOc1cccc2ccccc12. The summed E-state index contributed by atoms with van der Waals surface area (Å²) in [7, 11) is 0. The van der Waals surface area contributed by atoms with Crippen molar-refractivity contribution in [1.29, 1.82) is 0 Å². The number of anilines is 1. The van der Waals surface area contributed by atoms with E-state index in [-0.39, 0.29) is 5.91 Å². The zero-order valence-electron chi connectivity index (χ0n) is 15.7. The molecule has 3 aromatic rings. The molecule has 1 amide bonds. The number of fused-ring (bicyclic) bond motifs is 3. The number of rotatable bonds is 4. The van der Waals surface area contributed by atoms with Gasteiger partial charge in [0.1, 0.15) is 12.4 Å². The molecule has 1 saturated heterocycles. The van der Waals surface area contributed by atoms with Crippen molar-refractivity contribution in [3.8, 4) is 5.75 Å². The summed E-state index contributed by atoms with van der Waals surface area (Å²) in [4.78, 5) is 14.9. The highest BCUT2D eigenvalue weighted by molar-refractivity contribution is 6.06. The van der Waals surface area contributed by atoms with Crippen molar-refractivity contribution in [1.82, 2.24) is 0 Å². The van der Waals surface area contributed by atoms with Crippen LogP contribution in [0.15, 0.2) is 60.7 Å². The zero-order valence-corrected chi connectivity index (χ0v) is 15.7. The molecule has 5 heteroatoms. The van der Waals surface area contributed by atoms with E-state index < -0.39 is 5.79 Å². The maximum atomic E-state index is 13.2. The van der Waals surface area contributed by atoms with Crippen LogP contribution >= 0.6 is 0 Å². The van der Waals surface area contributed by atoms with Gasteiger partial charge in [0.15, 0.2) is 0 Å². The average molecular weight is 375 g/mol. The Bertz CT molecular complexity index is 1050. The van der Waals surface area contributed by atoms with Crippen LogP contribution in [0.1, 0.15) is 11.1 Å². The minimum absolute atomic E-state index is 0.174. The summed E-state index contributed by atoms with van der Waals surface area (Å²) in [5.41, 5.74) is 2.69. The number of carbonyl (C=O) groups is 1. The van der Waals surface area contributed by atoms with Crippen LogP contribution in [0.4, 0.5) is 5.69 Å². The maximum Gasteiger partial charge on any atom is 0.292 e. The zero-order chi connectivity index (χ0) is 19.1. The molecule has 0 unspecified atom stereocenters. The first kappa shape index (κ1) is 17.2. The summed E-state index contributed by atoms with van der Waals surface area (Å²) in [5, 5.41) is 2.19. The van der Waals surface area contributed by atoms with E-state index in [9.17, 15) is 4.79 Å². The lowest BCUT2D eigenvalue weighted by atomic mass is 10.0. The summed E-state index contributed by atoms with van der Waals surface area (Å²) in [6.45, 7) is 3.63. The molecule has 5 rings (SSSR count). The van der Waals surface area contributed by atoms with E-state index in [1.165, 1.54) is 0 Å². The lowest BCUT2D eigenvalue weighted by molar-refractivity contribution is -0.180. The fraction of sp³-hybridized carbons (Fsp3) is 0.261. The van der Waals surface area contributed by atoms with Gasteiger partial charge in [-0.25, -0.2) is 0 Å². The number of aryl methyl sites for hydroxylation is 1. The van der Waals surface area contributed by atoms with Crippen molar-refractivity contribution in [3.63, 3.8) is 0 Å². The predicted octanol–water partition coefficient (Wildman–Crippen LogP) is 3.77. The number of ether oxygens (including phenoxy) is 3. The molecule has 28 heavy (non-hydrogen) atoms. The van der Waals surface area contributed by atoms with E-state index in [0.29, 0.717) is 26.4 Å². The summed E-state index contributed by atoms with van der Waals surface area (Å²) in [6.07, 6.45) is 0. The number of hydrogen-bond donors (Lipinski definition) is 0. The Hall–Kier alpha value is -2.89. The van der Waals surface area contributed by atoms with Gasteiger partial charge in [0.2, 0.25) is 0 Å². The molecule has 0 aliphatic carbocycles. The number of carbonyl (C=O) groups excluding carboxylic acids is 1. The minimum Gasteiger partial charge on any atom is -0.491 e. The van der Waals surface area contributed by atoms with Crippen molar-refractivity contribution in [2.45, 2.75) is 12.7 Å². The molecule has 1 spiro atoms. The van der Waals surface area contributed by atoms with Crippen molar-refractivity contribution in [2.75, 3.05) is 31.3 Å². The smallest absolute Gasteiger partial charge is 0.292 e. The second-order valence-corrected chi connectivity index (χ2v) is 7.12. The Morgan fingerprint density at radius 3 is 2.68 bits per heavy atom. The quantitative estimate of drug-likeness (QED) is 0.696. The third kappa shape index (κ3) is 2.58. The highest BCUT2D eigenvalue weighted by Gasteiger charge is 2.55. The topological polar surface area (TPSA) is 48.0 Å². The number of nitrogens with zero attached hydrogens (tertiary/aromatic N) is 1. The van der Waals surface area contributed by atoms with E-state index in [1.54, 1.807) is 4.90 Å². The lowest BCUT2D eigenvalue weighted by Gasteiger charge is -2.22. The third-order valence-corrected chi connectivity index (χ3v) is 5.34. The minimum atomic E-state index is -1.29. The predicted molar refractivity (Wildman–Crippen MR) is 107 cm³/mol. The molecule has 3 aromatic carbocycles. The van der Waals surface area contributed by atoms with Crippen LogP contribution < -0.4 is 9.64 Å². The molecule has 0 bridgehead atoms. The van der Waals surface area contributed by atoms with E-state index in [1.807, 2.05) is 55.5 Å². The average Bonchev–Trinajstić information content (AvgIpc) is 3.29. The molecule has 2 heterocycles. The van der Waals surface area contributed by atoms with E-state index in [2.05, 4.69) is 12.1 Å². The van der Waals surface area contributed by atoms with Gasteiger partial charge in [-0.2, -0.15) is 0 Å². The molecule has 5 nitrogen and oxygen atoms in total. The fourth-order valence-corrected chi connectivity index (χ4v) is 4.03. The van der Waals surface area contributed by atoms with Gasteiger partial charge in [-0.05, 0) is 30.5 Å². The monoisotopic (exact) mass is 375 g/mol. The highest BCUT2D eigenvalue weighted by Crippen LogP contribution is 2.45. The second kappa shape index (κ2) is 6.62. The first-order valence-corrected chi connectivity index (χ1v) is 9.51. The van der Waals surface area contributed by atoms with Crippen LogP contribution in [-0.4, -0.2) is 32.3 Å². The molecule has 1 fully saturated rings. The van der Waals surface area contributed by atoms with Gasteiger partial charge < -0.3 is 19.1 Å². The van der Waals surface area contributed by atoms with Crippen LogP contribution in [-0.2, 0) is 20.1 Å². The van der Waals surface area contributed by atoms with Crippen molar-refractivity contribution >= 4 is 22.4 Å². The van der Waals surface area contributed by atoms with E-state index in [0.717, 1.165) is 33.3 Å². The Balaban J connectivity index is 1.39. The van der Waals surface area contributed by atoms with Gasteiger partial charge in [-0.1, -0.05) is 48.0 Å². The van der Waals surface area contributed by atoms with Crippen molar-refractivity contribution in [3.05, 3.63) is 71.8 Å². The van der Waals surface area contributed by atoms with Crippen LogP contribution in [0.5, 0.6) is 5.75 Å². The molecular weight excluding hydrogens is 354 g/mol. The first-order valence-electron chi connectivity index (χ1n) is 9.51. The summed E-state index contributed by atoms with van der Waals surface area (Å²) in [5.74, 6) is -0.648. The number of hydrogen-bond acceptors (Lipinski definition) is 4. The number of amides is 1. The van der Waals surface area contributed by atoms with Gasteiger partial charge >= 0.3 is 0 Å². The molecule has 0 N–H and O–H groups in total. The largest absolute Gasteiger partial charge is 0.491 e. The molecule has 0 saturated carbocycles. The van der Waals surface area contributed by atoms with Crippen molar-refractivity contribution in [2.24, 2.45) is 0 Å².